The van der Waals surface area contributed by atoms with Crippen molar-refractivity contribution in [2.75, 3.05) is 38.5 Å². The molecule has 0 amide bonds. The lowest BCUT2D eigenvalue weighted by atomic mass is 10.1. The summed E-state index contributed by atoms with van der Waals surface area (Å²) >= 11 is 1.65. The van der Waals surface area contributed by atoms with Gasteiger partial charge in [0.15, 0.2) is 11.0 Å². The summed E-state index contributed by atoms with van der Waals surface area (Å²) in [5, 5.41) is 20.8. The molecule has 4 N–H and O–H groups in total. The van der Waals surface area contributed by atoms with Crippen LogP contribution in [0.5, 0.6) is 0 Å². The minimum atomic E-state index is -0.240. The number of piperidine rings is 1. The summed E-state index contributed by atoms with van der Waals surface area (Å²) in [6, 6.07) is 6.81. The Morgan fingerprint density at radius 3 is 2.63 bits per heavy atom. The molecule has 1 aromatic heterocycles. The van der Waals surface area contributed by atoms with E-state index in [1.165, 1.54) is 31.4 Å². The Morgan fingerprint density at radius 1 is 1.19 bits per heavy atom. The SMILES string of the molecule is C[C@@H](c1nnc(SCC[NH2+]CCO)n1-c1ccc(F)cc1)[NH+]1CCCCC1. The van der Waals surface area contributed by atoms with Gasteiger partial charge in [-0.3, -0.25) is 4.57 Å². The van der Waals surface area contributed by atoms with Gasteiger partial charge in [-0.15, -0.1) is 10.2 Å². The van der Waals surface area contributed by atoms with Crippen molar-refractivity contribution in [3.8, 4) is 5.69 Å². The van der Waals surface area contributed by atoms with Crippen LogP contribution in [0, 0.1) is 5.82 Å². The fourth-order valence-electron chi connectivity index (χ4n) is 3.58. The molecule has 2 heterocycles. The first-order valence-corrected chi connectivity index (χ1v) is 10.8. The summed E-state index contributed by atoms with van der Waals surface area (Å²) in [6.45, 7) is 6.35. The molecule has 3 rings (SSSR count). The van der Waals surface area contributed by atoms with Gasteiger partial charge in [0.1, 0.15) is 11.9 Å². The van der Waals surface area contributed by atoms with E-state index in [0.29, 0.717) is 6.54 Å². The highest BCUT2D eigenvalue weighted by Gasteiger charge is 2.28. The summed E-state index contributed by atoms with van der Waals surface area (Å²) in [5.41, 5.74) is 0.904. The lowest BCUT2D eigenvalue weighted by Crippen LogP contribution is -3.12. The normalized spacial score (nSPS) is 16.6. The first-order valence-electron chi connectivity index (χ1n) is 9.82. The number of benzene rings is 1. The van der Waals surface area contributed by atoms with Crippen molar-refractivity contribution >= 4 is 11.8 Å². The van der Waals surface area contributed by atoms with E-state index in [4.69, 9.17) is 5.11 Å². The van der Waals surface area contributed by atoms with Gasteiger partial charge in [0.25, 0.3) is 0 Å². The first-order chi connectivity index (χ1) is 13.2. The highest BCUT2D eigenvalue weighted by molar-refractivity contribution is 7.99. The quantitative estimate of drug-likeness (QED) is 0.419. The summed E-state index contributed by atoms with van der Waals surface area (Å²) < 4.78 is 15.5. The van der Waals surface area contributed by atoms with Gasteiger partial charge < -0.3 is 15.3 Å². The molecule has 0 unspecified atom stereocenters. The maximum Gasteiger partial charge on any atom is 0.196 e. The van der Waals surface area contributed by atoms with E-state index < -0.39 is 0 Å². The smallest absolute Gasteiger partial charge is 0.196 e. The zero-order valence-electron chi connectivity index (χ0n) is 15.9. The summed E-state index contributed by atoms with van der Waals surface area (Å²) in [4.78, 5) is 1.55. The van der Waals surface area contributed by atoms with Crippen molar-refractivity contribution in [1.29, 1.82) is 0 Å². The van der Waals surface area contributed by atoms with E-state index in [9.17, 15) is 4.39 Å². The first kappa shape index (κ1) is 20.3. The Labute approximate surface area is 164 Å². The van der Waals surface area contributed by atoms with Crippen LogP contribution in [0.4, 0.5) is 4.39 Å². The number of hydrogen-bond acceptors (Lipinski definition) is 4. The Kier molecular flexibility index (Phi) is 7.63. The molecule has 1 atom stereocenters. The van der Waals surface area contributed by atoms with Crippen LogP contribution < -0.4 is 10.2 Å². The molecule has 0 radical (unpaired) electrons. The number of aliphatic hydroxyl groups is 1. The van der Waals surface area contributed by atoms with E-state index in [0.717, 1.165) is 42.1 Å². The average Bonchev–Trinajstić information content (AvgIpc) is 3.12. The van der Waals surface area contributed by atoms with Crippen molar-refractivity contribution in [2.24, 2.45) is 0 Å². The van der Waals surface area contributed by atoms with E-state index in [2.05, 4.69) is 27.0 Å². The van der Waals surface area contributed by atoms with Crippen molar-refractivity contribution in [1.82, 2.24) is 14.8 Å². The van der Waals surface area contributed by atoms with Gasteiger partial charge in [-0.25, -0.2) is 4.39 Å². The van der Waals surface area contributed by atoms with E-state index in [1.807, 2.05) is 0 Å². The highest BCUT2D eigenvalue weighted by Crippen LogP contribution is 2.24. The van der Waals surface area contributed by atoms with Crippen LogP contribution >= 0.6 is 11.8 Å². The third kappa shape index (κ3) is 5.28. The second kappa shape index (κ2) is 10.2. The molecule has 1 aliphatic heterocycles. The lowest BCUT2D eigenvalue weighted by molar-refractivity contribution is -0.935. The number of thioether (sulfide) groups is 1. The Bertz CT molecular complexity index is 703. The molecule has 1 aromatic carbocycles. The largest absolute Gasteiger partial charge is 0.391 e. The van der Waals surface area contributed by atoms with Crippen LogP contribution in [0.1, 0.15) is 38.1 Å². The molecule has 6 nitrogen and oxygen atoms in total. The van der Waals surface area contributed by atoms with Crippen molar-refractivity contribution < 1.29 is 19.7 Å². The van der Waals surface area contributed by atoms with E-state index in [-0.39, 0.29) is 18.5 Å². The summed E-state index contributed by atoms with van der Waals surface area (Å²) in [7, 11) is 0. The van der Waals surface area contributed by atoms with Crippen LogP contribution in [0.2, 0.25) is 0 Å². The molecule has 0 aliphatic carbocycles. The summed E-state index contributed by atoms with van der Waals surface area (Å²) in [5.74, 6) is 1.58. The number of aliphatic hydroxyl groups excluding tert-OH is 1. The van der Waals surface area contributed by atoms with Gasteiger partial charge >= 0.3 is 0 Å². The van der Waals surface area contributed by atoms with Gasteiger partial charge in [-0.05, 0) is 50.5 Å². The molecule has 1 saturated heterocycles. The van der Waals surface area contributed by atoms with Gasteiger partial charge in [0.05, 0.1) is 38.5 Å². The maximum atomic E-state index is 13.4. The highest BCUT2D eigenvalue weighted by atomic mass is 32.2. The molecule has 0 bridgehead atoms. The molecule has 8 heteroatoms. The fourth-order valence-corrected chi connectivity index (χ4v) is 4.47. The Hall–Kier alpha value is -1.48. The molecule has 148 valence electrons. The number of nitrogens with one attached hydrogen (secondary N) is 1. The number of hydrogen-bond donors (Lipinski definition) is 3. The van der Waals surface area contributed by atoms with Crippen LogP contribution in [0.3, 0.4) is 0 Å². The van der Waals surface area contributed by atoms with Crippen LogP contribution in [-0.2, 0) is 0 Å². The summed E-state index contributed by atoms with van der Waals surface area (Å²) in [6.07, 6.45) is 3.83. The minimum Gasteiger partial charge on any atom is -0.391 e. The second-order valence-corrected chi connectivity index (χ2v) is 8.09. The van der Waals surface area contributed by atoms with E-state index in [1.54, 1.807) is 28.8 Å². The topological polar surface area (TPSA) is 72.0 Å². The van der Waals surface area contributed by atoms with Crippen molar-refractivity contribution in [2.45, 2.75) is 37.4 Å². The van der Waals surface area contributed by atoms with Crippen molar-refractivity contribution in [3.05, 3.63) is 35.9 Å². The molecule has 2 aromatic rings. The molecule has 27 heavy (non-hydrogen) atoms. The molecule has 0 spiro atoms. The number of likely N-dealkylation sites (tertiary alicyclic amines) is 1. The monoisotopic (exact) mass is 395 g/mol. The predicted octanol–water partition coefficient (Wildman–Crippen LogP) is 0.184. The Balaban J connectivity index is 1.82. The minimum absolute atomic E-state index is 0.191. The predicted molar refractivity (Wildman–Crippen MR) is 104 cm³/mol. The van der Waals surface area contributed by atoms with Gasteiger partial charge in [-0.1, -0.05) is 11.8 Å². The molecule has 1 fully saturated rings. The molecule has 1 aliphatic rings. The second-order valence-electron chi connectivity index (χ2n) is 7.03. The van der Waals surface area contributed by atoms with Gasteiger partial charge in [0, 0.05) is 5.69 Å². The number of nitrogens with two attached hydrogens (primary N) is 1. The number of quaternary nitrogens is 2. The van der Waals surface area contributed by atoms with Crippen molar-refractivity contribution in [3.63, 3.8) is 0 Å². The number of aromatic nitrogens is 3. The maximum absolute atomic E-state index is 13.4. The molecule has 0 saturated carbocycles. The zero-order valence-corrected chi connectivity index (χ0v) is 16.7. The lowest BCUT2D eigenvalue weighted by Gasteiger charge is -2.29. The standard InChI is InChI=1S/C19H28FN5OS/c1-15(24-11-3-2-4-12-24)18-22-23-19(27-14-10-21-9-13-26)25(18)17-7-5-16(20)6-8-17/h5-8,15,21,26H,2-4,9-14H2,1H3/p+2/t15-/m0/s1. The molecular weight excluding hydrogens is 365 g/mol. The van der Waals surface area contributed by atoms with Crippen LogP contribution in [-0.4, -0.2) is 58.4 Å². The fraction of sp³-hybridized carbons (Fsp3) is 0.579. The third-order valence-corrected chi connectivity index (χ3v) is 6.09. The van der Waals surface area contributed by atoms with E-state index >= 15 is 0 Å². The van der Waals surface area contributed by atoms with Gasteiger partial charge in [-0.2, -0.15) is 0 Å². The number of nitrogens with zero attached hydrogens (tertiary/aromatic N) is 3. The van der Waals surface area contributed by atoms with Crippen LogP contribution in [0.25, 0.3) is 5.69 Å². The third-order valence-electron chi connectivity index (χ3n) is 5.13. The number of rotatable bonds is 9. The average molecular weight is 396 g/mol. The van der Waals surface area contributed by atoms with Crippen LogP contribution in [0.15, 0.2) is 29.4 Å². The molecular formula is C19H30FN5OS+2. The Morgan fingerprint density at radius 2 is 1.93 bits per heavy atom. The zero-order chi connectivity index (χ0) is 19.1. The van der Waals surface area contributed by atoms with Gasteiger partial charge in [0.2, 0.25) is 0 Å². The number of halogens is 1.